The molecule has 1 aromatic heterocycles. The van der Waals surface area contributed by atoms with Crippen molar-refractivity contribution in [3.05, 3.63) is 22.4 Å². The van der Waals surface area contributed by atoms with E-state index >= 15 is 0 Å². The summed E-state index contributed by atoms with van der Waals surface area (Å²) in [5, 5.41) is 8.20. The summed E-state index contributed by atoms with van der Waals surface area (Å²) < 4.78 is 0. The van der Waals surface area contributed by atoms with Gasteiger partial charge in [-0.3, -0.25) is 4.79 Å². The van der Waals surface area contributed by atoms with E-state index in [1.165, 1.54) is 37.0 Å². The fraction of sp³-hybridized carbons (Fsp3) is 0.643. The molecule has 2 N–H and O–H groups in total. The average Bonchev–Trinajstić information content (AvgIpc) is 2.91. The van der Waals surface area contributed by atoms with Crippen molar-refractivity contribution in [2.24, 2.45) is 5.92 Å². The van der Waals surface area contributed by atoms with Crippen LogP contribution in [0.25, 0.3) is 0 Å². The molecular weight excluding hydrogens is 244 g/mol. The Morgan fingerprint density at radius 2 is 2.22 bits per heavy atom. The van der Waals surface area contributed by atoms with Gasteiger partial charge < -0.3 is 10.6 Å². The van der Waals surface area contributed by atoms with Crippen molar-refractivity contribution in [3.63, 3.8) is 0 Å². The van der Waals surface area contributed by atoms with E-state index in [0.717, 1.165) is 0 Å². The van der Waals surface area contributed by atoms with Crippen LogP contribution in [0.15, 0.2) is 17.5 Å². The minimum Gasteiger partial charge on any atom is -0.347 e. The van der Waals surface area contributed by atoms with Crippen LogP contribution in [0.3, 0.4) is 0 Å². The Kier molecular flexibility index (Phi) is 5.20. The van der Waals surface area contributed by atoms with E-state index in [0.29, 0.717) is 12.5 Å². The molecule has 1 atom stereocenters. The Balaban J connectivity index is 2.05. The number of rotatable bonds is 5. The van der Waals surface area contributed by atoms with Crippen molar-refractivity contribution in [1.29, 1.82) is 0 Å². The number of carbonyl (C=O) groups excluding carboxylic acids is 1. The average molecular weight is 266 g/mol. The molecule has 0 radical (unpaired) electrons. The van der Waals surface area contributed by atoms with Crippen molar-refractivity contribution in [3.8, 4) is 0 Å². The Hall–Kier alpha value is -0.870. The summed E-state index contributed by atoms with van der Waals surface area (Å²) in [4.78, 5) is 13.1. The predicted molar refractivity (Wildman–Crippen MR) is 75.7 cm³/mol. The summed E-state index contributed by atoms with van der Waals surface area (Å²) in [5.41, 5.74) is 0. The molecule has 1 saturated carbocycles. The number of amides is 1. The van der Waals surface area contributed by atoms with Crippen LogP contribution >= 0.6 is 11.3 Å². The maximum absolute atomic E-state index is 11.8. The molecular formula is C14H22N2OS. The van der Waals surface area contributed by atoms with E-state index in [2.05, 4.69) is 28.1 Å². The first-order valence-corrected chi connectivity index (χ1v) is 7.66. The van der Waals surface area contributed by atoms with E-state index in [-0.39, 0.29) is 11.9 Å². The minimum atomic E-state index is 0.0986. The zero-order valence-electron chi connectivity index (χ0n) is 10.9. The molecule has 3 nitrogen and oxygen atoms in total. The van der Waals surface area contributed by atoms with Crippen LogP contribution in [-0.2, 0) is 4.79 Å². The first-order valence-electron chi connectivity index (χ1n) is 6.78. The topological polar surface area (TPSA) is 41.1 Å². The van der Waals surface area contributed by atoms with Gasteiger partial charge in [0.15, 0.2) is 0 Å². The number of hydrogen-bond acceptors (Lipinski definition) is 3. The lowest BCUT2D eigenvalue weighted by molar-refractivity contribution is -0.121. The quantitative estimate of drug-likeness (QED) is 0.860. The molecule has 100 valence electrons. The molecule has 0 unspecified atom stereocenters. The van der Waals surface area contributed by atoms with E-state index in [9.17, 15) is 4.79 Å². The fourth-order valence-corrected chi connectivity index (χ4v) is 3.61. The molecule has 1 aliphatic rings. The lowest BCUT2D eigenvalue weighted by Gasteiger charge is -2.30. The third-order valence-electron chi connectivity index (χ3n) is 3.62. The molecule has 1 aromatic rings. The molecule has 4 heteroatoms. The van der Waals surface area contributed by atoms with Crippen molar-refractivity contribution in [2.75, 3.05) is 13.6 Å². The molecule has 1 aliphatic carbocycles. The van der Waals surface area contributed by atoms with Gasteiger partial charge in [0.2, 0.25) is 5.91 Å². The molecule has 1 heterocycles. The van der Waals surface area contributed by atoms with Crippen molar-refractivity contribution >= 4 is 17.2 Å². The number of likely N-dealkylation sites (N-methyl/N-ethyl adjacent to an activating group) is 1. The Bertz CT molecular complexity index is 358. The molecule has 0 aromatic carbocycles. The molecule has 0 aliphatic heterocycles. The van der Waals surface area contributed by atoms with Gasteiger partial charge in [0, 0.05) is 4.88 Å². The zero-order chi connectivity index (χ0) is 12.8. The molecule has 2 rings (SSSR count). The van der Waals surface area contributed by atoms with E-state index in [1.807, 2.05) is 0 Å². The van der Waals surface area contributed by atoms with Gasteiger partial charge in [-0.15, -0.1) is 11.3 Å². The summed E-state index contributed by atoms with van der Waals surface area (Å²) in [6.45, 7) is 0.397. The van der Waals surface area contributed by atoms with Crippen molar-refractivity contribution < 1.29 is 4.79 Å². The van der Waals surface area contributed by atoms with Crippen molar-refractivity contribution in [2.45, 2.75) is 38.1 Å². The highest BCUT2D eigenvalue weighted by molar-refractivity contribution is 7.10. The summed E-state index contributed by atoms with van der Waals surface area (Å²) in [6, 6.07) is 4.43. The third kappa shape index (κ3) is 3.56. The highest BCUT2D eigenvalue weighted by Gasteiger charge is 2.26. The van der Waals surface area contributed by atoms with Gasteiger partial charge in [-0.05, 0) is 37.3 Å². The monoisotopic (exact) mass is 266 g/mol. The second kappa shape index (κ2) is 6.90. The Labute approximate surface area is 113 Å². The van der Waals surface area contributed by atoms with E-state index in [4.69, 9.17) is 0 Å². The van der Waals surface area contributed by atoms with Crippen LogP contribution in [0, 0.1) is 5.92 Å². The van der Waals surface area contributed by atoms with Crippen LogP contribution in [0.2, 0.25) is 0 Å². The lowest BCUT2D eigenvalue weighted by atomic mass is 9.83. The van der Waals surface area contributed by atoms with Crippen LogP contribution in [-0.4, -0.2) is 19.5 Å². The van der Waals surface area contributed by atoms with Crippen LogP contribution in [0.4, 0.5) is 0 Å². The summed E-state index contributed by atoms with van der Waals surface area (Å²) in [6.07, 6.45) is 6.42. The maximum Gasteiger partial charge on any atom is 0.234 e. The van der Waals surface area contributed by atoms with Gasteiger partial charge in [-0.25, -0.2) is 0 Å². The number of hydrogen-bond donors (Lipinski definition) is 2. The maximum atomic E-state index is 11.8. The highest BCUT2D eigenvalue weighted by atomic mass is 32.1. The van der Waals surface area contributed by atoms with Gasteiger partial charge in [0.25, 0.3) is 0 Å². The van der Waals surface area contributed by atoms with Gasteiger partial charge >= 0.3 is 0 Å². The van der Waals surface area contributed by atoms with Gasteiger partial charge in [-0.1, -0.05) is 25.3 Å². The van der Waals surface area contributed by atoms with Crippen molar-refractivity contribution in [1.82, 2.24) is 10.6 Å². The van der Waals surface area contributed by atoms with E-state index < -0.39 is 0 Å². The van der Waals surface area contributed by atoms with Gasteiger partial charge in [0.1, 0.15) is 0 Å². The standard InChI is InChI=1S/C14H22N2OS/c1-15-10-13(17)16-14(12-8-5-9-18-12)11-6-3-2-4-7-11/h5,8-9,11,14-15H,2-4,6-7,10H2,1H3,(H,16,17)/t14-/m0/s1. The Morgan fingerprint density at radius 3 is 2.83 bits per heavy atom. The zero-order valence-corrected chi connectivity index (χ0v) is 11.8. The van der Waals surface area contributed by atoms with Gasteiger partial charge in [-0.2, -0.15) is 0 Å². The largest absolute Gasteiger partial charge is 0.347 e. The predicted octanol–water partition coefficient (Wildman–Crippen LogP) is 2.71. The first-order chi connectivity index (χ1) is 8.81. The summed E-state index contributed by atoms with van der Waals surface area (Å²) in [7, 11) is 1.81. The lowest BCUT2D eigenvalue weighted by Crippen LogP contribution is -2.38. The first kappa shape index (κ1) is 13.6. The van der Waals surface area contributed by atoms with Crippen LogP contribution < -0.4 is 10.6 Å². The number of nitrogens with one attached hydrogen (secondary N) is 2. The Morgan fingerprint density at radius 1 is 1.44 bits per heavy atom. The van der Waals surface area contributed by atoms with Crippen LogP contribution in [0.1, 0.15) is 43.0 Å². The second-order valence-corrected chi connectivity index (χ2v) is 5.97. The SMILES string of the molecule is CNCC(=O)N[C@H](c1cccs1)C1CCCCC1. The molecule has 1 amide bonds. The smallest absolute Gasteiger partial charge is 0.234 e. The minimum absolute atomic E-state index is 0.0986. The second-order valence-electron chi connectivity index (χ2n) is 4.99. The molecule has 0 saturated heterocycles. The third-order valence-corrected chi connectivity index (χ3v) is 4.58. The molecule has 0 bridgehead atoms. The number of carbonyl (C=O) groups is 1. The van der Waals surface area contributed by atoms with E-state index in [1.54, 1.807) is 18.4 Å². The highest BCUT2D eigenvalue weighted by Crippen LogP contribution is 2.36. The number of thiophene rings is 1. The summed E-state index contributed by atoms with van der Waals surface area (Å²) >= 11 is 1.75. The normalized spacial score (nSPS) is 18.5. The molecule has 18 heavy (non-hydrogen) atoms. The molecule has 1 fully saturated rings. The van der Waals surface area contributed by atoms with Crippen LogP contribution in [0.5, 0.6) is 0 Å². The van der Waals surface area contributed by atoms with Gasteiger partial charge in [0.05, 0.1) is 12.6 Å². The molecule has 0 spiro atoms. The summed E-state index contributed by atoms with van der Waals surface area (Å²) in [5.74, 6) is 0.708. The fourth-order valence-electron chi connectivity index (χ4n) is 2.74.